The third-order valence-electron chi connectivity index (χ3n) is 5.12. The molecule has 0 spiro atoms. The minimum Gasteiger partial charge on any atom is -0.497 e. The molecule has 0 saturated carbocycles. The maximum absolute atomic E-state index is 13.2. The van der Waals surface area contributed by atoms with Crippen LogP contribution in [-0.4, -0.2) is 32.5 Å². The molecule has 1 N–H and O–H groups in total. The van der Waals surface area contributed by atoms with E-state index in [1.54, 1.807) is 48.5 Å². The van der Waals surface area contributed by atoms with Crippen molar-refractivity contribution >= 4 is 51.0 Å². The van der Waals surface area contributed by atoms with Crippen LogP contribution >= 0.6 is 12.2 Å². The molecule has 3 aromatic carbocycles. The summed E-state index contributed by atoms with van der Waals surface area (Å²) in [6.07, 6.45) is 1.35. The summed E-state index contributed by atoms with van der Waals surface area (Å²) < 4.78 is 35.6. The molecule has 1 heterocycles. The number of nitrogens with one attached hydrogen (secondary N) is 1. The number of benzene rings is 3. The van der Waals surface area contributed by atoms with Crippen molar-refractivity contribution in [3.63, 3.8) is 0 Å². The number of aryl methyl sites for hydroxylation is 1. The second-order valence-corrected chi connectivity index (χ2v) is 9.51. The van der Waals surface area contributed by atoms with Gasteiger partial charge in [-0.3, -0.25) is 19.8 Å². The van der Waals surface area contributed by atoms with E-state index in [0.29, 0.717) is 17.0 Å². The Morgan fingerprint density at radius 3 is 2.29 bits per heavy atom. The lowest BCUT2D eigenvalue weighted by atomic mass is 10.1. The van der Waals surface area contributed by atoms with Crippen LogP contribution in [0.2, 0.25) is 0 Å². The number of thiocarbonyl (C=S) groups is 1. The molecule has 178 valence electrons. The monoisotopic (exact) mass is 508 g/mol. The summed E-state index contributed by atoms with van der Waals surface area (Å²) in [4.78, 5) is 27.0. The van der Waals surface area contributed by atoms with Crippen molar-refractivity contribution < 1.29 is 26.9 Å². The highest BCUT2D eigenvalue weighted by molar-refractivity contribution is 7.87. The largest absolute Gasteiger partial charge is 0.497 e. The van der Waals surface area contributed by atoms with Crippen LogP contribution in [0.4, 0.5) is 5.69 Å². The van der Waals surface area contributed by atoms with Gasteiger partial charge in [0.05, 0.1) is 12.8 Å². The van der Waals surface area contributed by atoms with Crippen LogP contribution in [-0.2, 0) is 19.7 Å². The van der Waals surface area contributed by atoms with E-state index in [1.165, 1.54) is 42.4 Å². The van der Waals surface area contributed by atoms with Gasteiger partial charge in [-0.2, -0.15) is 8.42 Å². The highest BCUT2D eigenvalue weighted by Crippen LogP contribution is 2.26. The Morgan fingerprint density at radius 2 is 1.63 bits per heavy atom. The molecule has 1 saturated heterocycles. The highest BCUT2D eigenvalue weighted by Gasteiger charge is 2.34. The van der Waals surface area contributed by atoms with Gasteiger partial charge >= 0.3 is 10.1 Å². The maximum Gasteiger partial charge on any atom is 0.339 e. The Bertz CT molecular complexity index is 1450. The Hall–Kier alpha value is -4.02. The van der Waals surface area contributed by atoms with E-state index >= 15 is 0 Å². The summed E-state index contributed by atoms with van der Waals surface area (Å²) in [5, 5.41) is 2.45. The zero-order valence-corrected chi connectivity index (χ0v) is 20.4. The predicted octanol–water partition coefficient (Wildman–Crippen LogP) is 3.60. The van der Waals surface area contributed by atoms with Gasteiger partial charge in [0, 0.05) is 0 Å². The van der Waals surface area contributed by atoms with Gasteiger partial charge < -0.3 is 8.92 Å². The molecule has 35 heavy (non-hydrogen) atoms. The van der Waals surface area contributed by atoms with Gasteiger partial charge in [0.15, 0.2) is 5.11 Å². The van der Waals surface area contributed by atoms with Crippen molar-refractivity contribution in [1.29, 1.82) is 0 Å². The lowest BCUT2D eigenvalue weighted by Gasteiger charge is -2.29. The van der Waals surface area contributed by atoms with Gasteiger partial charge in [-0.15, -0.1) is 0 Å². The molecule has 1 fully saturated rings. The predicted molar refractivity (Wildman–Crippen MR) is 135 cm³/mol. The molecule has 0 bridgehead atoms. The summed E-state index contributed by atoms with van der Waals surface area (Å²) in [6.45, 7) is 1.85. The van der Waals surface area contributed by atoms with E-state index in [1.807, 2.05) is 6.92 Å². The number of anilines is 1. The smallest absolute Gasteiger partial charge is 0.339 e. The Morgan fingerprint density at radius 1 is 0.943 bits per heavy atom. The van der Waals surface area contributed by atoms with Crippen LogP contribution in [0.1, 0.15) is 11.1 Å². The number of methoxy groups -OCH3 is 1. The zero-order valence-electron chi connectivity index (χ0n) is 18.7. The fourth-order valence-corrected chi connectivity index (χ4v) is 4.53. The maximum atomic E-state index is 13.2. The number of carbonyl (C=O) groups is 2. The molecule has 1 aliphatic heterocycles. The van der Waals surface area contributed by atoms with Crippen molar-refractivity contribution in [2.24, 2.45) is 0 Å². The van der Waals surface area contributed by atoms with Crippen LogP contribution in [0.15, 0.2) is 83.3 Å². The zero-order chi connectivity index (χ0) is 25.2. The lowest BCUT2D eigenvalue weighted by molar-refractivity contribution is -0.122. The molecule has 0 radical (unpaired) electrons. The number of ether oxygens (including phenoxy) is 1. The topological polar surface area (TPSA) is 102 Å². The molecule has 10 heteroatoms. The van der Waals surface area contributed by atoms with Gasteiger partial charge in [0.2, 0.25) is 0 Å². The quantitative estimate of drug-likeness (QED) is 0.235. The number of nitrogens with zero attached hydrogens (tertiary/aromatic N) is 1. The van der Waals surface area contributed by atoms with Crippen molar-refractivity contribution in [1.82, 2.24) is 5.32 Å². The Kier molecular flexibility index (Phi) is 6.68. The molecule has 4 rings (SSSR count). The number of carbonyl (C=O) groups excluding carboxylic acids is 2. The van der Waals surface area contributed by atoms with Crippen molar-refractivity contribution in [2.75, 3.05) is 12.0 Å². The summed E-state index contributed by atoms with van der Waals surface area (Å²) in [5.41, 5.74) is 1.58. The molecular formula is C25H20N2O6S2. The van der Waals surface area contributed by atoms with Crippen LogP contribution in [0, 0.1) is 6.92 Å². The van der Waals surface area contributed by atoms with Crippen LogP contribution in [0.5, 0.6) is 11.5 Å². The standard InChI is InChI=1S/C25H20N2O6S2/c1-16-6-12-21(13-7-16)35(30,31)33-20-5-3-4-17(14-20)15-22-23(28)26-25(34)27(24(22)29)18-8-10-19(32-2)11-9-18/h3-15H,1-2H3,(H,26,28,34)/b22-15-. The first-order valence-electron chi connectivity index (χ1n) is 10.3. The number of hydrogen-bond donors (Lipinski definition) is 1. The second kappa shape index (κ2) is 9.69. The van der Waals surface area contributed by atoms with Crippen LogP contribution in [0.25, 0.3) is 6.08 Å². The van der Waals surface area contributed by atoms with E-state index in [-0.39, 0.29) is 21.3 Å². The van der Waals surface area contributed by atoms with Crippen LogP contribution < -0.4 is 19.1 Å². The van der Waals surface area contributed by atoms with Gasteiger partial charge in [-0.25, -0.2) is 0 Å². The van der Waals surface area contributed by atoms with Crippen molar-refractivity contribution in [2.45, 2.75) is 11.8 Å². The number of amides is 2. The summed E-state index contributed by atoms with van der Waals surface area (Å²) in [5.74, 6) is -0.654. The average molecular weight is 509 g/mol. The lowest BCUT2D eigenvalue weighted by Crippen LogP contribution is -2.54. The van der Waals surface area contributed by atoms with Gasteiger partial charge in [0.1, 0.15) is 22.0 Å². The Balaban J connectivity index is 1.62. The molecule has 1 aliphatic rings. The fourth-order valence-electron chi connectivity index (χ4n) is 3.33. The highest BCUT2D eigenvalue weighted by atomic mass is 32.2. The molecule has 3 aromatic rings. The van der Waals surface area contributed by atoms with Gasteiger partial charge in [-0.05, 0) is 79.3 Å². The fraction of sp³-hybridized carbons (Fsp3) is 0.0800. The second-order valence-electron chi connectivity index (χ2n) is 7.58. The van der Waals surface area contributed by atoms with E-state index in [9.17, 15) is 18.0 Å². The molecule has 0 atom stereocenters. The molecule has 0 aromatic heterocycles. The van der Waals surface area contributed by atoms with Crippen LogP contribution in [0.3, 0.4) is 0 Å². The number of hydrogen-bond acceptors (Lipinski definition) is 7. The minimum absolute atomic E-state index is 0.0114. The van der Waals surface area contributed by atoms with E-state index in [4.69, 9.17) is 21.1 Å². The molecular weight excluding hydrogens is 488 g/mol. The summed E-state index contributed by atoms with van der Waals surface area (Å²) in [6, 6.07) is 18.9. The molecule has 2 amide bonds. The summed E-state index contributed by atoms with van der Waals surface area (Å²) >= 11 is 5.20. The molecule has 8 nitrogen and oxygen atoms in total. The molecule has 0 aliphatic carbocycles. The average Bonchev–Trinajstić information content (AvgIpc) is 2.82. The Labute approximate surface area is 207 Å². The third-order valence-corrected chi connectivity index (χ3v) is 6.66. The number of rotatable bonds is 6. The van der Waals surface area contributed by atoms with Crippen molar-refractivity contribution in [3.8, 4) is 11.5 Å². The van der Waals surface area contributed by atoms with Gasteiger partial charge in [0.25, 0.3) is 11.8 Å². The first kappa shape index (κ1) is 24.1. The van der Waals surface area contributed by atoms with Crippen molar-refractivity contribution in [3.05, 3.63) is 89.5 Å². The first-order chi connectivity index (χ1) is 16.7. The first-order valence-corrected chi connectivity index (χ1v) is 12.2. The SMILES string of the molecule is COc1ccc(N2C(=O)/C(=C\c3cccc(OS(=O)(=O)c4ccc(C)cc4)c3)C(=O)NC2=S)cc1. The normalized spacial score (nSPS) is 15.2. The van der Waals surface area contributed by atoms with E-state index in [2.05, 4.69) is 5.32 Å². The minimum atomic E-state index is -4.06. The third kappa shape index (κ3) is 5.23. The van der Waals surface area contributed by atoms with E-state index in [0.717, 1.165) is 5.56 Å². The van der Waals surface area contributed by atoms with Gasteiger partial charge in [-0.1, -0.05) is 29.8 Å². The van der Waals surface area contributed by atoms with E-state index < -0.39 is 21.9 Å². The molecule has 0 unspecified atom stereocenters. The summed E-state index contributed by atoms with van der Waals surface area (Å²) in [7, 11) is -2.54.